The Kier molecular flexibility index (Phi) is 4.46. The summed E-state index contributed by atoms with van der Waals surface area (Å²) in [6.07, 6.45) is 12.0. The minimum absolute atomic E-state index is 0.326. The first-order valence-electron chi connectivity index (χ1n) is 9.78. The van der Waals surface area contributed by atoms with Gasteiger partial charge < -0.3 is 14.4 Å². The maximum atomic E-state index is 6.36. The fraction of sp³-hybridized carbons (Fsp3) is 0.714. The van der Waals surface area contributed by atoms with Crippen LogP contribution in [-0.4, -0.2) is 37.7 Å². The van der Waals surface area contributed by atoms with E-state index in [-0.39, 0.29) is 0 Å². The van der Waals surface area contributed by atoms with Crippen LogP contribution in [0.15, 0.2) is 18.2 Å². The van der Waals surface area contributed by atoms with E-state index in [1.807, 2.05) is 0 Å². The van der Waals surface area contributed by atoms with Gasteiger partial charge in [0.1, 0.15) is 0 Å². The van der Waals surface area contributed by atoms with Crippen molar-refractivity contribution >= 4 is 0 Å². The molecule has 3 nitrogen and oxygen atoms in total. The van der Waals surface area contributed by atoms with Crippen molar-refractivity contribution < 1.29 is 9.47 Å². The molecule has 1 aromatic carbocycles. The second-order valence-electron chi connectivity index (χ2n) is 8.04. The Labute approximate surface area is 146 Å². The molecule has 2 saturated carbocycles. The van der Waals surface area contributed by atoms with Gasteiger partial charge in [-0.3, -0.25) is 0 Å². The average molecular weight is 329 g/mol. The number of hydrogen-bond donors (Lipinski definition) is 0. The molecule has 24 heavy (non-hydrogen) atoms. The van der Waals surface area contributed by atoms with Crippen molar-refractivity contribution in [1.29, 1.82) is 0 Å². The quantitative estimate of drug-likeness (QED) is 0.810. The summed E-state index contributed by atoms with van der Waals surface area (Å²) < 4.78 is 12.0. The smallest absolute Gasteiger partial charge is 0.161 e. The number of likely N-dealkylation sites (N-methyl/N-ethyl adjacent to an activating group) is 1. The Morgan fingerprint density at radius 1 is 1.00 bits per heavy atom. The molecule has 1 aliphatic heterocycles. The van der Waals surface area contributed by atoms with E-state index in [9.17, 15) is 0 Å². The second kappa shape index (κ2) is 6.59. The van der Waals surface area contributed by atoms with Gasteiger partial charge in [0.2, 0.25) is 0 Å². The molecular formula is C21H31NO2. The SMILES string of the molecule is COc1ccc([C@@]23CCCCC2N(C)CC3)cc1OC1CCCC1. The molecule has 132 valence electrons. The number of likely N-dealkylation sites (tertiary alicyclic amines) is 1. The average Bonchev–Trinajstić information content (AvgIpc) is 3.24. The van der Waals surface area contributed by atoms with Crippen LogP contribution in [0.2, 0.25) is 0 Å². The maximum Gasteiger partial charge on any atom is 0.161 e. The lowest BCUT2D eigenvalue weighted by Crippen LogP contribution is -2.43. The molecule has 0 aromatic heterocycles. The molecule has 1 unspecified atom stereocenters. The summed E-state index contributed by atoms with van der Waals surface area (Å²) in [6.45, 7) is 1.22. The van der Waals surface area contributed by atoms with E-state index in [4.69, 9.17) is 9.47 Å². The molecule has 0 bridgehead atoms. The first kappa shape index (κ1) is 16.3. The maximum absolute atomic E-state index is 6.36. The number of nitrogens with zero attached hydrogens (tertiary/aromatic N) is 1. The van der Waals surface area contributed by atoms with Gasteiger partial charge in [0, 0.05) is 11.5 Å². The van der Waals surface area contributed by atoms with E-state index in [0.29, 0.717) is 17.6 Å². The molecule has 4 rings (SSSR count). The molecule has 3 heteroatoms. The third kappa shape index (κ3) is 2.71. The molecule has 1 heterocycles. The molecule has 3 fully saturated rings. The van der Waals surface area contributed by atoms with Crippen LogP contribution in [0.3, 0.4) is 0 Å². The number of ether oxygens (including phenoxy) is 2. The summed E-state index contributed by atoms with van der Waals surface area (Å²) in [5.74, 6) is 1.86. The number of hydrogen-bond acceptors (Lipinski definition) is 3. The molecule has 2 aliphatic carbocycles. The van der Waals surface area contributed by atoms with Crippen LogP contribution >= 0.6 is 0 Å². The second-order valence-corrected chi connectivity index (χ2v) is 8.04. The molecule has 0 amide bonds. The predicted octanol–water partition coefficient (Wildman–Crippen LogP) is 4.53. The third-order valence-corrected chi connectivity index (χ3v) is 6.77. The zero-order valence-electron chi connectivity index (χ0n) is 15.2. The summed E-state index contributed by atoms with van der Waals surface area (Å²) in [4.78, 5) is 2.58. The van der Waals surface area contributed by atoms with Gasteiger partial charge in [-0.25, -0.2) is 0 Å². The van der Waals surface area contributed by atoms with E-state index in [1.54, 1.807) is 7.11 Å². The number of rotatable bonds is 4. The first-order valence-corrected chi connectivity index (χ1v) is 9.78. The van der Waals surface area contributed by atoms with Gasteiger partial charge in [0.05, 0.1) is 13.2 Å². The summed E-state index contributed by atoms with van der Waals surface area (Å²) in [5.41, 5.74) is 1.80. The molecule has 0 N–H and O–H groups in total. The zero-order valence-corrected chi connectivity index (χ0v) is 15.2. The highest BCUT2D eigenvalue weighted by molar-refractivity contribution is 5.46. The highest BCUT2D eigenvalue weighted by Gasteiger charge is 2.48. The van der Waals surface area contributed by atoms with E-state index < -0.39 is 0 Å². The van der Waals surface area contributed by atoms with Crippen molar-refractivity contribution in [2.24, 2.45) is 0 Å². The normalized spacial score (nSPS) is 31.2. The molecule has 0 radical (unpaired) electrons. The third-order valence-electron chi connectivity index (χ3n) is 6.77. The van der Waals surface area contributed by atoms with E-state index in [1.165, 1.54) is 69.9 Å². The topological polar surface area (TPSA) is 21.7 Å². The zero-order chi connectivity index (χ0) is 16.6. The Morgan fingerprint density at radius 3 is 2.58 bits per heavy atom. The summed E-state index contributed by atoms with van der Waals surface area (Å²) in [5, 5.41) is 0. The largest absolute Gasteiger partial charge is 0.493 e. The predicted molar refractivity (Wildman–Crippen MR) is 97.1 cm³/mol. The van der Waals surface area contributed by atoms with Crippen LogP contribution < -0.4 is 9.47 Å². The van der Waals surface area contributed by atoms with Gasteiger partial charge in [0.15, 0.2) is 11.5 Å². The lowest BCUT2D eigenvalue weighted by molar-refractivity contribution is 0.179. The summed E-state index contributed by atoms with van der Waals surface area (Å²) in [6, 6.07) is 7.45. The molecule has 0 spiro atoms. The number of benzene rings is 1. The van der Waals surface area contributed by atoms with Gasteiger partial charge in [0.25, 0.3) is 0 Å². The summed E-state index contributed by atoms with van der Waals surface area (Å²) in [7, 11) is 4.05. The van der Waals surface area contributed by atoms with Crippen molar-refractivity contribution in [1.82, 2.24) is 4.90 Å². The number of methoxy groups -OCH3 is 1. The Morgan fingerprint density at radius 2 is 1.79 bits per heavy atom. The first-order chi connectivity index (χ1) is 11.7. The Bertz CT molecular complexity index is 577. The lowest BCUT2D eigenvalue weighted by atomic mass is 9.66. The molecule has 2 atom stereocenters. The highest BCUT2D eigenvalue weighted by atomic mass is 16.5. The van der Waals surface area contributed by atoms with Crippen LogP contribution in [0.25, 0.3) is 0 Å². The van der Waals surface area contributed by atoms with Gasteiger partial charge in [-0.15, -0.1) is 0 Å². The van der Waals surface area contributed by atoms with Gasteiger partial charge >= 0.3 is 0 Å². The van der Waals surface area contributed by atoms with Gasteiger partial charge in [-0.1, -0.05) is 18.9 Å². The Balaban J connectivity index is 1.67. The minimum atomic E-state index is 0.326. The lowest BCUT2D eigenvalue weighted by Gasteiger charge is -2.42. The molecule has 1 aromatic rings. The van der Waals surface area contributed by atoms with Crippen LogP contribution in [0, 0.1) is 0 Å². The van der Waals surface area contributed by atoms with Crippen LogP contribution in [0.1, 0.15) is 63.4 Å². The van der Waals surface area contributed by atoms with Gasteiger partial charge in [-0.05, 0) is 76.2 Å². The van der Waals surface area contributed by atoms with E-state index in [0.717, 1.165) is 11.5 Å². The van der Waals surface area contributed by atoms with E-state index in [2.05, 4.69) is 30.1 Å². The van der Waals surface area contributed by atoms with Gasteiger partial charge in [-0.2, -0.15) is 0 Å². The van der Waals surface area contributed by atoms with Crippen LogP contribution in [0.4, 0.5) is 0 Å². The molecular weight excluding hydrogens is 298 g/mol. The summed E-state index contributed by atoms with van der Waals surface area (Å²) >= 11 is 0. The van der Waals surface area contributed by atoms with Crippen molar-refractivity contribution in [3.05, 3.63) is 23.8 Å². The highest BCUT2D eigenvalue weighted by Crippen LogP contribution is 2.50. The van der Waals surface area contributed by atoms with Crippen LogP contribution in [-0.2, 0) is 5.41 Å². The number of fused-ring (bicyclic) bond motifs is 1. The molecule has 1 saturated heterocycles. The molecule has 3 aliphatic rings. The monoisotopic (exact) mass is 329 g/mol. The Hall–Kier alpha value is -1.22. The van der Waals surface area contributed by atoms with E-state index >= 15 is 0 Å². The van der Waals surface area contributed by atoms with Crippen molar-refractivity contribution in [2.45, 2.75) is 75.3 Å². The standard InChI is InChI=1S/C21H31NO2/c1-22-14-13-21(12-6-5-9-20(21)22)16-10-11-18(23-2)19(15-16)24-17-7-3-4-8-17/h10-11,15,17,20H,3-9,12-14H2,1-2H3/t20?,21-/m0/s1. The van der Waals surface area contributed by atoms with Crippen molar-refractivity contribution in [2.75, 3.05) is 20.7 Å². The minimum Gasteiger partial charge on any atom is -0.493 e. The fourth-order valence-electron chi connectivity index (χ4n) is 5.43. The van der Waals surface area contributed by atoms with Crippen LogP contribution in [0.5, 0.6) is 11.5 Å². The van der Waals surface area contributed by atoms with Crippen molar-refractivity contribution in [3.8, 4) is 11.5 Å². The fourth-order valence-corrected chi connectivity index (χ4v) is 5.43. The van der Waals surface area contributed by atoms with Crippen molar-refractivity contribution in [3.63, 3.8) is 0 Å².